The lowest BCUT2D eigenvalue weighted by Crippen LogP contribution is -2.18. The quantitative estimate of drug-likeness (QED) is 0.522. The molecule has 0 amide bonds. The van der Waals surface area contributed by atoms with Gasteiger partial charge in [0, 0.05) is 34.8 Å². The molecule has 9 heteroatoms. The lowest BCUT2D eigenvalue weighted by Gasteiger charge is -2.16. The molecule has 4 aromatic rings. The summed E-state index contributed by atoms with van der Waals surface area (Å²) in [6, 6.07) is 5.23. The van der Waals surface area contributed by atoms with Gasteiger partial charge >= 0.3 is 5.97 Å². The van der Waals surface area contributed by atoms with Gasteiger partial charge in [-0.25, -0.2) is 22.9 Å². The SMILES string of the molecule is CC(C)c1c(C[C@H](F)C(=O)O)c2nc3[nH]ncc3cc2n1-c1ccc(F)c(F)c1. The van der Waals surface area contributed by atoms with E-state index in [2.05, 4.69) is 15.2 Å². The van der Waals surface area contributed by atoms with Gasteiger partial charge in [-0.1, -0.05) is 13.8 Å². The predicted molar refractivity (Wildman–Crippen MR) is 101 cm³/mol. The molecule has 3 aromatic heterocycles. The highest BCUT2D eigenvalue weighted by molar-refractivity contribution is 5.93. The number of nitrogens with zero attached hydrogens (tertiary/aromatic N) is 3. The van der Waals surface area contributed by atoms with Crippen molar-refractivity contribution in [3.05, 3.63) is 53.4 Å². The molecule has 0 unspecified atom stereocenters. The normalized spacial score (nSPS) is 12.9. The van der Waals surface area contributed by atoms with Crippen LogP contribution >= 0.6 is 0 Å². The standard InChI is InChI=1S/C20H17F3N4O2/c1-9(2)18-12(7-15(23)20(28)29)17-16(5-10-8-24-26-19(10)25-17)27(18)11-3-4-13(21)14(22)6-11/h3-6,8-9,15H,7H2,1-2H3,(H,28,29)(H,24,25,26)/t15-/m0/s1. The first-order chi connectivity index (χ1) is 13.8. The van der Waals surface area contributed by atoms with Crippen LogP contribution in [0.25, 0.3) is 27.8 Å². The number of H-pyrrole nitrogens is 1. The van der Waals surface area contributed by atoms with E-state index in [-0.39, 0.29) is 5.92 Å². The number of hydrogen-bond acceptors (Lipinski definition) is 3. The Hall–Kier alpha value is -3.36. The number of benzene rings is 1. The van der Waals surface area contributed by atoms with Gasteiger partial charge in [0.15, 0.2) is 17.3 Å². The first-order valence-electron chi connectivity index (χ1n) is 8.97. The third kappa shape index (κ3) is 3.12. The number of carbonyl (C=O) groups is 1. The maximum absolute atomic E-state index is 14.2. The van der Waals surface area contributed by atoms with Crippen LogP contribution in [0.4, 0.5) is 13.2 Å². The molecule has 1 aromatic carbocycles. The number of aromatic nitrogens is 4. The minimum Gasteiger partial charge on any atom is -0.479 e. The molecule has 0 bridgehead atoms. The van der Waals surface area contributed by atoms with Crippen LogP contribution in [0, 0.1) is 11.6 Å². The van der Waals surface area contributed by atoms with Crippen molar-refractivity contribution in [2.45, 2.75) is 32.4 Å². The number of rotatable bonds is 5. The van der Waals surface area contributed by atoms with Crippen molar-refractivity contribution in [2.75, 3.05) is 0 Å². The van der Waals surface area contributed by atoms with Gasteiger partial charge in [0.25, 0.3) is 0 Å². The maximum Gasteiger partial charge on any atom is 0.338 e. The molecule has 1 atom stereocenters. The van der Waals surface area contributed by atoms with E-state index in [4.69, 9.17) is 5.11 Å². The van der Waals surface area contributed by atoms with Crippen LogP contribution < -0.4 is 0 Å². The Kier molecular flexibility index (Phi) is 4.52. The number of aliphatic carboxylic acids is 1. The summed E-state index contributed by atoms with van der Waals surface area (Å²) in [5.41, 5.74) is 2.70. The average Bonchev–Trinajstić information content (AvgIpc) is 3.24. The number of halogens is 3. The van der Waals surface area contributed by atoms with Crippen molar-refractivity contribution in [3.63, 3.8) is 0 Å². The summed E-state index contributed by atoms with van der Waals surface area (Å²) in [7, 11) is 0. The highest BCUT2D eigenvalue weighted by Gasteiger charge is 2.27. The smallest absolute Gasteiger partial charge is 0.338 e. The molecule has 0 saturated carbocycles. The van der Waals surface area contributed by atoms with Crippen molar-refractivity contribution in [1.29, 1.82) is 0 Å². The van der Waals surface area contributed by atoms with E-state index in [9.17, 15) is 18.0 Å². The topological polar surface area (TPSA) is 83.8 Å². The van der Waals surface area contributed by atoms with Crippen molar-refractivity contribution >= 4 is 28.0 Å². The molecule has 4 rings (SSSR count). The van der Waals surface area contributed by atoms with Gasteiger partial charge in [0.2, 0.25) is 6.17 Å². The minimum atomic E-state index is -2.13. The van der Waals surface area contributed by atoms with Crippen LogP contribution in [0.15, 0.2) is 30.5 Å². The molecule has 0 radical (unpaired) electrons. The fourth-order valence-corrected chi connectivity index (χ4v) is 3.62. The fourth-order valence-electron chi connectivity index (χ4n) is 3.62. The van der Waals surface area contributed by atoms with Gasteiger partial charge in [0.1, 0.15) is 0 Å². The molecule has 0 fully saturated rings. The Morgan fingerprint density at radius 1 is 1.24 bits per heavy atom. The summed E-state index contributed by atoms with van der Waals surface area (Å²) in [5, 5.41) is 16.4. The summed E-state index contributed by atoms with van der Waals surface area (Å²) in [6.45, 7) is 3.71. The zero-order valence-electron chi connectivity index (χ0n) is 15.6. The molecule has 0 aliphatic rings. The molecule has 150 valence electrons. The van der Waals surface area contributed by atoms with Crippen LogP contribution in [0.5, 0.6) is 0 Å². The number of carboxylic acid groups (broad SMARTS) is 1. The summed E-state index contributed by atoms with van der Waals surface area (Å²) >= 11 is 0. The molecule has 0 aliphatic heterocycles. The lowest BCUT2D eigenvalue weighted by molar-refractivity contribution is -0.142. The van der Waals surface area contributed by atoms with Gasteiger partial charge in [-0.3, -0.25) is 5.10 Å². The van der Waals surface area contributed by atoms with E-state index in [1.807, 2.05) is 13.8 Å². The summed E-state index contributed by atoms with van der Waals surface area (Å²) in [5.74, 6) is -3.76. The number of nitrogens with one attached hydrogen (secondary N) is 1. The van der Waals surface area contributed by atoms with Crippen LogP contribution in [-0.4, -0.2) is 37.0 Å². The summed E-state index contributed by atoms with van der Waals surface area (Å²) < 4.78 is 43.3. The highest BCUT2D eigenvalue weighted by Crippen LogP contribution is 2.36. The Morgan fingerprint density at radius 2 is 2.00 bits per heavy atom. The molecule has 3 heterocycles. The second-order valence-corrected chi connectivity index (χ2v) is 7.13. The van der Waals surface area contributed by atoms with Crippen LogP contribution in [0.1, 0.15) is 31.0 Å². The van der Waals surface area contributed by atoms with E-state index >= 15 is 0 Å². The first kappa shape index (κ1) is 19.0. The zero-order valence-corrected chi connectivity index (χ0v) is 15.6. The van der Waals surface area contributed by atoms with Crippen molar-refractivity contribution in [2.24, 2.45) is 0 Å². The average molecular weight is 402 g/mol. The highest BCUT2D eigenvalue weighted by atomic mass is 19.2. The van der Waals surface area contributed by atoms with Gasteiger partial charge in [-0.2, -0.15) is 5.10 Å². The molecule has 29 heavy (non-hydrogen) atoms. The van der Waals surface area contributed by atoms with Gasteiger partial charge in [-0.15, -0.1) is 0 Å². The second kappa shape index (κ2) is 6.91. The zero-order chi connectivity index (χ0) is 20.9. The third-order valence-electron chi connectivity index (χ3n) is 4.84. The predicted octanol–water partition coefficient (Wildman–Crippen LogP) is 4.27. The largest absolute Gasteiger partial charge is 0.479 e. The number of carboxylic acids is 1. The Bertz CT molecular complexity index is 1250. The van der Waals surface area contributed by atoms with Gasteiger partial charge in [-0.05, 0) is 24.1 Å². The van der Waals surface area contributed by atoms with E-state index in [0.717, 1.165) is 12.1 Å². The molecule has 2 N–H and O–H groups in total. The molecular weight excluding hydrogens is 385 g/mol. The number of fused-ring (bicyclic) bond motifs is 2. The van der Waals surface area contributed by atoms with Crippen molar-refractivity contribution < 1.29 is 23.1 Å². The second-order valence-electron chi connectivity index (χ2n) is 7.13. The number of aromatic amines is 1. The Morgan fingerprint density at radius 3 is 2.66 bits per heavy atom. The number of alkyl halides is 1. The number of pyridine rings is 1. The first-order valence-corrected chi connectivity index (χ1v) is 8.97. The molecule has 0 saturated heterocycles. The maximum atomic E-state index is 14.2. The van der Waals surface area contributed by atoms with E-state index in [1.54, 1.807) is 16.8 Å². The molecule has 6 nitrogen and oxygen atoms in total. The minimum absolute atomic E-state index is 0.176. The molecule has 0 aliphatic carbocycles. The summed E-state index contributed by atoms with van der Waals surface area (Å²) in [6.07, 6.45) is -0.965. The van der Waals surface area contributed by atoms with Crippen molar-refractivity contribution in [3.8, 4) is 5.69 Å². The van der Waals surface area contributed by atoms with E-state index in [0.29, 0.717) is 39.0 Å². The van der Waals surface area contributed by atoms with E-state index < -0.39 is 30.2 Å². The van der Waals surface area contributed by atoms with Crippen molar-refractivity contribution in [1.82, 2.24) is 19.7 Å². The van der Waals surface area contributed by atoms with Gasteiger partial charge < -0.3 is 9.67 Å². The molecular formula is C20H17F3N4O2. The Labute approximate surface area is 163 Å². The Balaban J connectivity index is 2.10. The third-order valence-corrected chi connectivity index (χ3v) is 4.84. The van der Waals surface area contributed by atoms with E-state index in [1.165, 1.54) is 6.07 Å². The van der Waals surface area contributed by atoms with Crippen LogP contribution in [-0.2, 0) is 11.2 Å². The van der Waals surface area contributed by atoms with Gasteiger partial charge in [0.05, 0.1) is 17.2 Å². The number of hydrogen-bond donors (Lipinski definition) is 2. The van der Waals surface area contributed by atoms with Crippen LogP contribution in [0.2, 0.25) is 0 Å². The van der Waals surface area contributed by atoms with Crippen LogP contribution in [0.3, 0.4) is 0 Å². The summed E-state index contributed by atoms with van der Waals surface area (Å²) in [4.78, 5) is 15.7. The fraction of sp³-hybridized carbons (Fsp3) is 0.250. The monoisotopic (exact) mass is 402 g/mol. The lowest BCUT2D eigenvalue weighted by atomic mass is 10.0. The molecule has 0 spiro atoms.